The van der Waals surface area contributed by atoms with Crippen LogP contribution in [0.2, 0.25) is 5.02 Å². The first-order chi connectivity index (χ1) is 5.70. The summed E-state index contributed by atoms with van der Waals surface area (Å²) >= 11 is 6.90. The first kappa shape index (κ1) is 7.83. The molecule has 0 aliphatic carbocycles. The van der Waals surface area contributed by atoms with Crippen LogP contribution in [0.15, 0.2) is 17.5 Å². The minimum absolute atomic E-state index is 0.0813. The Kier molecular flexibility index (Phi) is 1.70. The van der Waals surface area contributed by atoms with E-state index in [4.69, 9.17) is 11.6 Å². The van der Waals surface area contributed by atoms with Gasteiger partial charge in [0.05, 0.1) is 9.72 Å². The zero-order valence-electron chi connectivity index (χ0n) is 5.84. The lowest BCUT2D eigenvalue weighted by atomic mass is 10.2. The van der Waals surface area contributed by atoms with E-state index in [0.29, 0.717) is 10.1 Å². The number of hydrogen-bond donors (Lipinski definition) is 1. The zero-order valence-corrected chi connectivity index (χ0v) is 7.42. The largest absolute Gasteiger partial charge is 0.506 e. The highest BCUT2D eigenvalue weighted by Crippen LogP contribution is 2.36. The Bertz CT molecular complexity index is 438. The van der Waals surface area contributed by atoms with Gasteiger partial charge in [0.2, 0.25) is 0 Å². The van der Waals surface area contributed by atoms with Gasteiger partial charge in [-0.1, -0.05) is 11.6 Å². The van der Waals surface area contributed by atoms with Crippen molar-refractivity contribution in [1.29, 1.82) is 0 Å². The molecule has 0 saturated heterocycles. The Morgan fingerprint density at radius 3 is 2.92 bits per heavy atom. The zero-order chi connectivity index (χ0) is 8.72. The maximum Gasteiger partial charge on any atom is 0.143 e. The van der Waals surface area contributed by atoms with Crippen molar-refractivity contribution in [2.75, 3.05) is 0 Å². The molecule has 2 aromatic rings. The van der Waals surface area contributed by atoms with E-state index >= 15 is 0 Å². The number of benzene rings is 1. The van der Waals surface area contributed by atoms with Crippen LogP contribution < -0.4 is 0 Å². The topological polar surface area (TPSA) is 20.2 Å². The standard InChI is InChI=1S/C8H4ClFOS/c9-7-5(10)2-1-4-6(11)3-12-8(4)7/h1-3,11H. The van der Waals surface area contributed by atoms with Crippen LogP contribution in [0.3, 0.4) is 0 Å². The van der Waals surface area contributed by atoms with Gasteiger partial charge in [0, 0.05) is 10.8 Å². The summed E-state index contributed by atoms with van der Waals surface area (Å²) in [5, 5.41) is 11.5. The summed E-state index contributed by atoms with van der Waals surface area (Å²) in [5.41, 5.74) is 0. The second kappa shape index (κ2) is 2.61. The van der Waals surface area contributed by atoms with Gasteiger partial charge < -0.3 is 5.11 Å². The van der Waals surface area contributed by atoms with Crippen molar-refractivity contribution in [2.24, 2.45) is 0 Å². The van der Waals surface area contributed by atoms with Crippen molar-refractivity contribution in [1.82, 2.24) is 0 Å². The molecule has 0 fully saturated rings. The molecule has 4 heteroatoms. The smallest absolute Gasteiger partial charge is 0.143 e. The maximum absolute atomic E-state index is 12.9. The fraction of sp³-hybridized carbons (Fsp3) is 0. The minimum atomic E-state index is -0.453. The van der Waals surface area contributed by atoms with Crippen LogP contribution in [0.5, 0.6) is 5.75 Å². The van der Waals surface area contributed by atoms with Gasteiger partial charge in [-0.05, 0) is 12.1 Å². The summed E-state index contributed by atoms with van der Waals surface area (Å²) in [6, 6.07) is 2.76. The second-order valence-electron chi connectivity index (χ2n) is 2.36. The van der Waals surface area contributed by atoms with Crippen molar-refractivity contribution in [3.05, 3.63) is 28.4 Å². The van der Waals surface area contributed by atoms with Crippen LogP contribution in [-0.2, 0) is 0 Å². The molecular weight excluding hydrogens is 199 g/mol. The molecule has 12 heavy (non-hydrogen) atoms. The van der Waals surface area contributed by atoms with Gasteiger partial charge in [-0.15, -0.1) is 11.3 Å². The summed E-state index contributed by atoms with van der Waals surface area (Å²) in [5.74, 6) is -0.303. The first-order valence-corrected chi connectivity index (χ1v) is 4.50. The molecule has 0 amide bonds. The van der Waals surface area contributed by atoms with E-state index in [-0.39, 0.29) is 10.8 Å². The molecule has 1 heterocycles. The summed E-state index contributed by atoms with van der Waals surface area (Å²) in [6.45, 7) is 0. The molecule has 0 aliphatic rings. The third-order valence-electron chi connectivity index (χ3n) is 1.61. The van der Waals surface area contributed by atoms with Crippen LogP contribution in [-0.4, -0.2) is 5.11 Å². The molecule has 0 saturated carbocycles. The minimum Gasteiger partial charge on any atom is -0.506 e. The van der Waals surface area contributed by atoms with Crippen LogP contribution in [0.25, 0.3) is 10.1 Å². The third-order valence-corrected chi connectivity index (χ3v) is 3.10. The number of hydrogen-bond acceptors (Lipinski definition) is 2. The Balaban J connectivity index is 2.93. The SMILES string of the molecule is Oc1csc2c(Cl)c(F)ccc12. The van der Waals surface area contributed by atoms with Gasteiger partial charge in [-0.25, -0.2) is 4.39 Å². The average Bonchev–Trinajstić information content (AvgIpc) is 2.41. The van der Waals surface area contributed by atoms with Crippen molar-refractivity contribution in [3.63, 3.8) is 0 Å². The highest BCUT2D eigenvalue weighted by molar-refractivity contribution is 7.18. The highest BCUT2D eigenvalue weighted by Gasteiger charge is 2.09. The van der Waals surface area contributed by atoms with E-state index < -0.39 is 5.82 Å². The van der Waals surface area contributed by atoms with Gasteiger partial charge in [-0.3, -0.25) is 0 Å². The van der Waals surface area contributed by atoms with Gasteiger partial charge >= 0.3 is 0 Å². The lowest BCUT2D eigenvalue weighted by Crippen LogP contribution is -1.74. The maximum atomic E-state index is 12.9. The molecule has 0 bridgehead atoms. The predicted molar refractivity (Wildman–Crippen MR) is 48.5 cm³/mol. The molecule has 2 rings (SSSR count). The first-order valence-electron chi connectivity index (χ1n) is 3.24. The summed E-state index contributed by atoms with van der Waals surface area (Å²) < 4.78 is 13.4. The molecule has 0 atom stereocenters. The number of thiophene rings is 1. The van der Waals surface area contributed by atoms with E-state index in [2.05, 4.69) is 0 Å². The molecule has 0 radical (unpaired) electrons. The Morgan fingerprint density at radius 2 is 2.17 bits per heavy atom. The van der Waals surface area contributed by atoms with Gasteiger partial charge in [-0.2, -0.15) is 0 Å². The van der Waals surface area contributed by atoms with Crippen molar-refractivity contribution in [3.8, 4) is 5.75 Å². The van der Waals surface area contributed by atoms with Crippen LogP contribution in [0.1, 0.15) is 0 Å². The van der Waals surface area contributed by atoms with E-state index in [1.165, 1.54) is 28.8 Å². The van der Waals surface area contributed by atoms with Crippen LogP contribution in [0.4, 0.5) is 4.39 Å². The Labute approximate surface area is 77.0 Å². The van der Waals surface area contributed by atoms with E-state index in [0.717, 1.165) is 0 Å². The summed E-state index contributed by atoms with van der Waals surface area (Å²) in [4.78, 5) is 0. The molecular formula is C8H4ClFOS. The summed E-state index contributed by atoms with van der Waals surface area (Å²) in [6.07, 6.45) is 0. The van der Waals surface area contributed by atoms with Crippen molar-refractivity contribution < 1.29 is 9.50 Å². The quantitative estimate of drug-likeness (QED) is 0.694. The Morgan fingerprint density at radius 1 is 1.42 bits per heavy atom. The van der Waals surface area contributed by atoms with Crippen LogP contribution >= 0.6 is 22.9 Å². The predicted octanol–water partition coefficient (Wildman–Crippen LogP) is 3.40. The fourth-order valence-corrected chi connectivity index (χ4v) is 2.18. The number of fused-ring (bicyclic) bond motifs is 1. The molecule has 1 N–H and O–H groups in total. The lowest BCUT2D eigenvalue weighted by Gasteiger charge is -1.94. The normalized spacial score (nSPS) is 10.8. The van der Waals surface area contributed by atoms with Gasteiger partial charge in [0.15, 0.2) is 0 Å². The summed E-state index contributed by atoms with van der Waals surface area (Å²) in [7, 11) is 0. The second-order valence-corrected chi connectivity index (χ2v) is 3.62. The van der Waals surface area contributed by atoms with Crippen molar-refractivity contribution >= 4 is 33.0 Å². The number of rotatable bonds is 0. The van der Waals surface area contributed by atoms with E-state index in [1.54, 1.807) is 0 Å². The molecule has 0 spiro atoms. The number of halogens is 2. The number of aromatic hydroxyl groups is 1. The molecule has 1 aromatic heterocycles. The van der Waals surface area contributed by atoms with Gasteiger partial charge in [0.25, 0.3) is 0 Å². The van der Waals surface area contributed by atoms with E-state index in [1.807, 2.05) is 0 Å². The van der Waals surface area contributed by atoms with Crippen LogP contribution in [0, 0.1) is 5.82 Å². The lowest BCUT2D eigenvalue weighted by molar-refractivity contribution is 0.483. The third kappa shape index (κ3) is 0.974. The molecule has 62 valence electrons. The van der Waals surface area contributed by atoms with Crippen molar-refractivity contribution in [2.45, 2.75) is 0 Å². The molecule has 1 aromatic carbocycles. The molecule has 1 nitrogen and oxygen atoms in total. The average molecular weight is 203 g/mol. The van der Waals surface area contributed by atoms with E-state index in [9.17, 15) is 9.50 Å². The monoisotopic (exact) mass is 202 g/mol. The Hall–Kier alpha value is -0.800. The highest BCUT2D eigenvalue weighted by atomic mass is 35.5. The molecule has 0 aliphatic heterocycles. The fourth-order valence-electron chi connectivity index (χ4n) is 1.03. The van der Waals surface area contributed by atoms with Gasteiger partial charge in [0.1, 0.15) is 11.6 Å². The molecule has 0 unspecified atom stereocenters.